The second kappa shape index (κ2) is 6.25. The van der Waals surface area contributed by atoms with Crippen LogP contribution < -0.4 is 5.32 Å². The summed E-state index contributed by atoms with van der Waals surface area (Å²) in [6.07, 6.45) is 1.44. The molecule has 1 amide bonds. The molecule has 1 heterocycles. The summed E-state index contributed by atoms with van der Waals surface area (Å²) in [4.78, 5) is 27.5. The lowest BCUT2D eigenvalue weighted by Gasteiger charge is -2.08. The van der Waals surface area contributed by atoms with Crippen molar-refractivity contribution in [2.75, 3.05) is 11.2 Å². The van der Waals surface area contributed by atoms with Crippen molar-refractivity contribution in [1.29, 1.82) is 0 Å². The summed E-state index contributed by atoms with van der Waals surface area (Å²) in [7, 11) is 0. The highest BCUT2D eigenvalue weighted by Crippen LogP contribution is 2.17. The molecule has 4 nitrogen and oxygen atoms in total. The van der Waals surface area contributed by atoms with E-state index in [1.807, 2.05) is 0 Å². The molecule has 0 aliphatic carbocycles. The zero-order valence-corrected chi connectivity index (χ0v) is 11.0. The van der Waals surface area contributed by atoms with Crippen LogP contribution in [0.5, 0.6) is 0 Å². The summed E-state index contributed by atoms with van der Waals surface area (Å²) in [5.41, 5.74) is 0.636. The molecular weight excluding hydrogens is 283 g/mol. The molecule has 0 atom stereocenters. The minimum atomic E-state index is -0.437. The Kier molecular flexibility index (Phi) is 4.42. The number of rotatable bonds is 4. The number of pyridine rings is 1. The maximum absolute atomic E-state index is 12.9. The lowest BCUT2D eigenvalue weighted by atomic mass is 10.1. The zero-order valence-electron chi connectivity index (χ0n) is 10.3. The van der Waals surface area contributed by atoms with Crippen molar-refractivity contribution in [2.24, 2.45) is 0 Å². The Balaban J connectivity index is 2.34. The van der Waals surface area contributed by atoms with Crippen LogP contribution >= 0.6 is 11.6 Å². The topological polar surface area (TPSA) is 59.1 Å². The predicted molar refractivity (Wildman–Crippen MR) is 73.4 cm³/mol. The number of nitrogens with one attached hydrogen (secondary N) is 1. The van der Waals surface area contributed by atoms with Gasteiger partial charge in [-0.1, -0.05) is 0 Å². The Hall–Kier alpha value is -2.27. The van der Waals surface area contributed by atoms with Crippen LogP contribution in [0.4, 0.5) is 10.1 Å². The minimum absolute atomic E-state index is 0.0811. The number of anilines is 1. The molecule has 0 fully saturated rings. The second-order valence-corrected chi connectivity index (χ2v) is 4.18. The Morgan fingerprint density at radius 1 is 1.20 bits per heavy atom. The van der Waals surface area contributed by atoms with Crippen molar-refractivity contribution in [2.45, 2.75) is 0 Å². The van der Waals surface area contributed by atoms with Crippen LogP contribution in [0, 0.1) is 5.82 Å². The largest absolute Gasteiger partial charge is 0.323 e. The fourth-order valence-electron chi connectivity index (χ4n) is 1.61. The maximum atomic E-state index is 12.9. The number of carbonyl (C=O) groups is 2. The normalized spacial score (nSPS) is 10.1. The van der Waals surface area contributed by atoms with Gasteiger partial charge in [-0.05, 0) is 36.4 Å². The van der Waals surface area contributed by atoms with E-state index >= 15 is 0 Å². The summed E-state index contributed by atoms with van der Waals surface area (Å²) in [6.45, 7) is 0. The molecule has 0 saturated carbocycles. The molecule has 0 unspecified atom stereocenters. The van der Waals surface area contributed by atoms with Gasteiger partial charge >= 0.3 is 0 Å². The van der Waals surface area contributed by atoms with Gasteiger partial charge in [-0.2, -0.15) is 0 Å². The van der Waals surface area contributed by atoms with Crippen molar-refractivity contribution < 1.29 is 14.0 Å². The SMILES string of the molecule is O=C(CCl)Nc1cccnc1C(=O)c1ccc(F)cc1. The molecular formula is C14H10ClFN2O2. The Bertz CT molecular complexity index is 644. The van der Waals surface area contributed by atoms with E-state index in [0.29, 0.717) is 0 Å². The first-order chi connectivity index (χ1) is 9.61. The van der Waals surface area contributed by atoms with Gasteiger partial charge in [0, 0.05) is 11.8 Å². The Labute approximate surface area is 119 Å². The molecule has 102 valence electrons. The lowest BCUT2D eigenvalue weighted by Crippen LogP contribution is -2.16. The Morgan fingerprint density at radius 3 is 2.55 bits per heavy atom. The number of nitrogens with zero attached hydrogens (tertiary/aromatic N) is 1. The fourth-order valence-corrected chi connectivity index (χ4v) is 1.68. The summed E-state index contributed by atoms with van der Waals surface area (Å²) in [5.74, 6) is -1.50. The van der Waals surface area contributed by atoms with Gasteiger partial charge in [-0.25, -0.2) is 4.39 Å². The number of benzene rings is 1. The van der Waals surface area contributed by atoms with Crippen LogP contribution in [0.2, 0.25) is 0 Å². The van der Waals surface area contributed by atoms with Crippen molar-refractivity contribution in [3.05, 3.63) is 59.7 Å². The third-order valence-electron chi connectivity index (χ3n) is 2.52. The standard InChI is InChI=1S/C14H10ClFN2O2/c15-8-12(19)18-11-2-1-7-17-13(11)14(20)9-3-5-10(16)6-4-9/h1-7H,8H2,(H,18,19). The number of alkyl halides is 1. The van der Waals surface area contributed by atoms with Gasteiger partial charge in [0.25, 0.3) is 0 Å². The van der Waals surface area contributed by atoms with E-state index in [-0.39, 0.29) is 22.8 Å². The van der Waals surface area contributed by atoms with Gasteiger partial charge in [0.2, 0.25) is 11.7 Å². The number of halogens is 2. The highest BCUT2D eigenvalue weighted by molar-refractivity contribution is 6.29. The van der Waals surface area contributed by atoms with Crippen LogP contribution in [0.15, 0.2) is 42.6 Å². The van der Waals surface area contributed by atoms with Gasteiger partial charge in [0.15, 0.2) is 0 Å². The molecule has 2 rings (SSSR count). The third kappa shape index (κ3) is 3.19. The molecule has 0 spiro atoms. The van der Waals surface area contributed by atoms with Crippen molar-refractivity contribution in [1.82, 2.24) is 4.98 Å². The average Bonchev–Trinajstić information content (AvgIpc) is 2.48. The molecule has 0 aliphatic heterocycles. The summed E-state index contributed by atoms with van der Waals surface area (Å²) < 4.78 is 12.9. The molecule has 6 heteroatoms. The number of aromatic nitrogens is 1. The molecule has 0 bridgehead atoms. The van der Waals surface area contributed by atoms with Gasteiger partial charge in [0.05, 0.1) is 5.69 Å². The maximum Gasteiger partial charge on any atom is 0.239 e. The molecule has 1 aromatic carbocycles. The molecule has 1 N–H and O–H groups in total. The van der Waals surface area contributed by atoms with Crippen LogP contribution in [-0.2, 0) is 4.79 Å². The number of hydrogen-bond acceptors (Lipinski definition) is 3. The first-order valence-corrected chi connectivity index (χ1v) is 6.26. The Morgan fingerprint density at radius 2 is 1.90 bits per heavy atom. The average molecular weight is 293 g/mol. The van der Waals surface area contributed by atoms with E-state index in [1.165, 1.54) is 30.5 Å². The fraction of sp³-hybridized carbons (Fsp3) is 0.0714. The smallest absolute Gasteiger partial charge is 0.239 e. The highest BCUT2D eigenvalue weighted by Gasteiger charge is 2.16. The molecule has 0 radical (unpaired) electrons. The van der Waals surface area contributed by atoms with Crippen molar-refractivity contribution >= 4 is 29.0 Å². The van der Waals surface area contributed by atoms with Crippen LogP contribution in [-0.4, -0.2) is 22.6 Å². The van der Waals surface area contributed by atoms with Crippen LogP contribution in [0.3, 0.4) is 0 Å². The number of amides is 1. The monoisotopic (exact) mass is 292 g/mol. The molecule has 0 saturated heterocycles. The van der Waals surface area contributed by atoms with E-state index in [1.54, 1.807) is 12.1 Å². The quantitative estimate of drug-likeness (QED) is 0.696. The van der Waals surface area contributed by atoms with Gasteiger partial charge in [-0.15, -0.1) is 11.6 Å². The number of ketones is 1. The predicted octanol–water partition coefficient (Wildman–Crippen LogP) is 2.63. The summed E-state index contributed by atoms with van der Waals surface area (Å²) in [6, 6.07) is 8.23. The third-order valence-corrected chi connectivity index (χ3v) is 2.77. The van der Waals surface area contributed by atoms with E-state index in [0.717, 1.165) is 0 Å². The van der Waals surface area contributed by atoms with E-state index < -0.39 is 17.5 Å². The van der Waals surface area contributed by atoms with Crippen molar-refractivity contribution in [3.63, 3.8) is 0 Å². The highest BCUT2D eigenvalue weighted by atomic mass is 35.5. The van der Waals surface area contributed by atoms with Gasteiger partial charge < -0.3 is 5.32 Å². The van der Waals surface area contributed by atoms with E-state index in [9.17, 15) is 14.0 Å². The van der Waals surface area contributed by atoms with Crippen LogP contribution in [0.1, 0.15) is 16.1 Å². The first-order valence-electron chi connectivity index (χ1n) is 5.73. The first kappa shape index (κ1) is 14.1. The zero-order chi connectivity index (χ0) is 14.5. The van der Waals surface area contributed by atoms with E-state index in [2.05, 4.69) is 10.3 Å². The second-order valence-electron chi connectivity index (χ2n) is 3.92. The minimum Gasteiger partial charge on any atom is -0.323 e. The number of hydrogen-bond donors (Lipinski definition) is 1. The van der Waals surface area contributed by atoms with E-state index in [4.69, 9.17) is 11.6 Å². The summed E-state index contributed by atoms with van der Waals surface area (Å²) >= 11 is 5.41. The van der Waals surface area contributed by atoms with Gasteiger partial charge in [-0.3, -0.25) is 14.6 Å². The molecule has 2 aromatic rings. The van der Waals surface area contributed by atoms with Crippen LogP contribution in [0.25, 0.3) is 0 Å². The van der Waals surface area contributed by atoms with Crippen molar-refractivity contribution in [3.8, 4) is 0 Å². The van der Waals surface area contributed by atoms with Gasteiger partial charge in [0.1, 0.15) is 17.4 Å². The summed E-state index contributed by atoms with van der Waals surface area (Å²) in [5, 5.41) is 2.49. The molecule has 20 heavy (non-hydrogen) atoms. The molecule has 1 aromatic heterocycles. The lowest BCUT2D eigenvalue weighted by molar-refractivity contribution is -0.113. The number of carbonyl (C=O) groups excluding carboxylic acids is 2. The molecule has 0 aliphatic rings.